The number of halogens is 4. The number of nitrogens with one attached hydrogen (secondary N) is 1. The van der Waals surface area contributed by atoms with Gasteiger partial charge in [-0.1, -0.05) is 26.0 Å². The fourth-order valence-corrected chi connectivity index (χ4v) is 6.08. The molecule has 2 N–H and O–H groups in total. The van der Waals surface area contributed by atoms with Crippen LogP contribution in [0.15, 0.2) is 40.9 Å². The number of sulfonamides is 1. The molecule has 39 heavy (non-hydrogen) atoms. The third-order valence-corrected chi connectivity index (χ3v) is 7.97. The Balaban J connectivity index is 0.000000673. The van der Waals surface area contributed by atoms with Crippen LogP contribution < -0.4 is 4.72 Å². The fourth-order valence-electron chi connectivity index (χ4n) is 3.24. The maximum atomic E-state index is 14.9. The zero-order valence-corrected chi connectivity index (χ0v) is 23.0. The average Bonchev–Trinajstić information content (AvgIpc) is 3.41. The molecule has 0 radical (unpaired) electrons. The molecule has 0 saturated carbocycles. The number of ether oxygens (including phenoxy) is 1. The van der Waals surface area contributed by atoms with E-state index in [1.165, 1.54) is 6.07 Å². The second kappa shape index (κ2) is 13.1. The van der Waals surface area contributed by atoms with E-state index in [-0.39, 0.29) is 10.8 Å². The summed E-state index contributed by atoms with van der Waals surface area (Å²) in [6, 6.07) is 6.40. The first-order chi connectivity index (χ1) is 18.0. The van der Waals surface area contributed by atoms with E-state index >= 15 is 0 Å². The minimum absolute atomic E-state index is 0.0420. The van der Waals surface area contributed by atoms with Gasteiger partial charge in [0.05, 0.1) is 13.2 Å². The Labute approximate surface area is 226 Å². The minimum atomic E-state index is -5.08. The quantitative estimate of drug-likeness (QED) is 0.336. The van der Waals surface area contributed by atoms with E-state index in [0.717, 1.165) is 22.0 Å². The lowest BCUT2D eigenvalue weighted by Gasteiger charge is -2.10. The number of carboxylic acid groups (broad SMARTS) is 1. The maximum absolute atomic E-state index is 14.9. The number of carboxylic acids is 1. The van der Waals surface area contributed by atoms with Crippen molar-refractivity contribution in [3.05, 3.63) is 58.7 Å². The number of thiophene rings is 1. The largest absolute Gasteiger partial charge is 0.490 e. The van der Waals surface area contributed by atoms with Crippen molar-refractivity contribution in [2.75, 3.05) is 6.61 Å². The number of carbonyl (C=O) groups excluding carboxylic acids is 1. The monoisotopic (exact) mass is 593 g/mol. The second-order valence-electron chi connectivity index (χ2n) is 8.55. The molecule has 0 bridgehead atoms. The van der Waals surface area contributed by atoms with Gasteiger partial charge in [-0.3, -0.25) is 0 Å². The first-order valence-corrected chi connectivity index (χ1v) is 13.7. The van der Waals surface area contributed by atoms with Gasteiger partial charge in [-0.2, -0.15) is 13.2 Å². The molecule has 1 aromatic carbocycles. The van der Waals surface area contributed by atoms with E-state index < -0.39 is 34.1 Å². The zero-order valence-electron chi connectivity index (χ0n) is 21.4. The lowest BCUT2D eigenvalue weighted by atomic mass is 10.0. The average molecular weight is 594 g/mol. The molecule has 2 aromatic heterocycles. The molecule has 0 unspecified atom stereocenters. The molecule has 15 heteroatoms. The van der Waals surface area contributed by atoms with Gasteiger partial charge in [-0.25, -0.2) is 32.1 Å². The standard InChI is InChI=1S/C22H26FN3O4S2.C2HF3O2/c1-5-30-22(27)25-32(28,29)21-19(12-18(31-21)10-14(2)3)16-6-7-17(20(23)11-16)13-26-9-8-24-15(26)4;3-2(4,5)1(6)7/h6-9,11-12,14H,5,10,13H2,1-4H3,(H,25,27);(H,6,7). The van der Waals surface area contributed by atoms with Crippen LogP contribution in [0.2, 0.25) is 0 Å². The van der Waals surface area contributed by atoms with E-state index in [1.807, 2.05) is 30.1 Å². The van der Waals surface area contributed by atoms with Crippen LogP contribution >= 0.6 is 11.3 Å². The molecule has 2 heterocycles. The lowest BCUT2D eigenvalue weighted by Crippen LogP contribution is -2.30. The highest BCUT2D eigenvalue weighted by Crippen LogP contribution is 2.37. The van der Waals surface area contributed by atoms with E-state index in [9.17, 15) is 30.8 Å². The zero-order chi connectivity index (χ0) is 29.5. The van der Waals surface area contributed by atoms with Crippen molar-refractivity contribution in [1.29, 1.82) is 0 Å². The molecule has 0 atom stereocenters. The third-order valence-electron chi connectivity index (χ3n) is 4.97. The maximum Gasteiger partial charge on any atom is 0.490 e. The van der Waals surface area contributed by atoms with Crippen LogP contribution in [0.25, 0.3) is 11.1 Å². The summed E-state index contributed by atoms with van der Waals surface area (Å²) in [7, 11) is -4.19. The number of nitrogens with zero attached hydrogens (tertiary/aromatic N) is 2. The summed E-state index contributed by atoms with van der Waals surface area (Å²) < 4.78 is 80.9. The number of hydrogen-bond acceptors (Lipinski definition) is 7. The summed E-state index contributed by atoms with van der Waals surface area (Å²) in [4.78, 5) is 25.6. The van der Waals surface area contributed by atoms with E-state index in [0.29, 0.717) is 35.6 Å². The Morgan fingerprint density at radius 1 is 1.23 bits per heavy atom. The summed E-state index contributed by atoms with van der Waals surface area (Å²) in [6.07, 6.45) is -2.05. The van der Waals surface area contributed by atoms with Crippen molar-refractivity contribution in [2.45, 2.75) is 51.0 Å². The molecule has 0 aliphatic carbocycles. The molecule has 0 spiro atoms. The van der Waals surface area contributed by atoms with Crippen LogP contribution in [0.4, 0.5) is 22.4 Å². The minimum Gasteiger partial charge on any atom is -0.475 e. The van der Waals surface area contributed by atoms with Gasteiger partial charge >= 0.3 is 18.2 Å². The van der Waals surface area contributed by atoms with E-state index in [1.54, 1.807) is 37.5 Å². The number of imidazole rings is 1. The van der Waals surface area contributed by atoms with Crippen molar-refractivity contribution in [2.24, 2.45) is 5.92 Å². The number of alkyl halides is 3. The van der Waals surface area contributed by atoms with Crippen LogP contribution in [0.5, 0.6) is 0 Å². The Morgan fingerprint density at radius 3 is 2.36 bits per heavy atom. The Bertz CT molecular complexity index is 1420. The van der Waals surface area contributed by atoms with Crippen LogP contribution in [-0.2, 0) is 32.5 Å². The number of aromatic nitrogens is 2. The van der Waals surface area contributed by atoms with Gasteiger partial charge in [0.1, 0.15) is 15.9 Å². The molecular formula is C24H27F4N3O6S2. The first kappa shape index (κ1) is 31.8. The van der Waals surface area contributed by atoms with Crippen molar-refractivity contribution in [3.63, 3.8) is 0 Å². The summed E-state index contributed by atoms with van der Waals surface area (Å²) in [5.74, 6) is -2.14. The van der Waals surface area contributed by atoms with Gasteiger partial charge in [0.25, 0.3) is 10.0 Å². The van der Waals surface area contributed by atoms with Crippen LogP contribution in [0.3, 0.4) is 0 Å². The molecule has 0 fully saturated rings. The molecular weight excluding hydrogens is 566 g/mol. The highest BCUT2D eigenvalue weighted by molar-refractivity contribution is 7.92. The van der Waals surface area contributed by atoms with Crippen LogP contribution in [-0.4, -0.2) is 47.9 Å². The normalized spacial score (nSPS) is 11.6. The Kier molecular flexibility index (Phi) is 10.6. The number of aliphatic carboxylic acids is 1. The summed E-state index contributed by atoms with van der Waals surface area (Å²) in [5.41, 5.74) is 1.23. The number of hydrogen-bond donors (Lipinski definition) is 2. The smallest absolute Gasteiger partial charge is 0.475 e. The number of rotatable bonds is 8. The van der Waals surface area contributed by atoms with Gasteiger partial charge < -0.3 is 14.4 Å². The molecule has 214 valence electrons. The Morgan fingerprint density at radius 2 is 1.87 bits per heavy atom. The molecule has 0 aliphatic rings. The predicted octanol–water partition coefficient (Wildman–Crippen LogP) is 5.37. The Hall–Kier alpha value is -3.46. The van der Waals surface area contributed by atoms with Gasteiger partial charge in [0, 0.05) is 28.4 Å². The van der Waals surface area contributed by atoms with Gasteiger partial charge in [0.15, 0.2) is 0 Å². The number of aryl methyl sites for hydroxylation is 1. The SMILES string of the molecule is CCOC(=O)NS(=O)(=O)c1sc(CC(C)C)cc1-c1ccc(Cn2ccnc2C)c(F)c1.O=C(O)C(F)(F)F. The van der Waals surface area contributed by atoms with Crippen LogP contribution in [0.1, 0.15) is 37.0 Å². The number of carbonyl (C=O) groups is 2. The lowest BCUT2D eigenvalue weighted by molar-refractivity contribution is -0.192. The van der Waals surface area contributed by atoms with Crippen molar-refractivity contribution >= 4 is 33.4 Å². The van der Waals surface area contributed by atoms with Crippen molar-refractivity contribution in [1.82, 2.24) is 14.3 Å². The number of benzene rings is 1. The predicted molar refractivity (Wildman–Crippen MR) is 135 cm³/mol. The van der Waals surface area contributed by atoms with Crippen molar-refractivity contribution in [3.8, 4) is 11.1 Å². The van der Waals surface area contributed by atoms with Gasteiger partial charge in [-0.15, -0.1) is 11.3 Å². The van der Waals surface area contributed by atoms with Crippen LogP contribution in [0, 0.1) is 18.7 Å². The molecule has 1 amide bonds. The van der Waals surface area contributed by atoms with Gasteiger partial charge in [-0.05, 0) is 43.9 Å². The molecule has 0 aliphatic heterocycles. The topological polar surface area (TPSA) is 128 Å². The second-order valence-corrected chi connectivity index (χ2v) is 11.6. The molecule has 9 nitrogen and oxygen atoms in total. The van der Waals surface area contributed by atoms with Gasteiger partial charge in [0.2, 0.25) is 0 Å². The summed E-state index contributed by atoms with van der Waals surface area (Å²) in [6.45, 7) is 7.82. The van der Waals surface area contributed by atoms with E-state index in [4.69, 9.17) is 14.6 Å². The molecule has 0 saturated heterocycles. The third kappa shape index (κ3) is 9.06. The highest BCUT2D eigenvalue weighted by Gasteiger charge is 2.38. The fraction of sp³-hybridized carbons (Fsp3) is 0.375. The first-order valence-electron chi connectivity index (χ1n) is 11.4. The van der Waals surface area contributed by atoms with Crippen molar-refractivity contribution < 1.29 is 45.4 Å². The molecule has 3 rings (SSSR count). The highest BCUT2D eigenvalue weighted by atomic mass is 32.2. The summed E-state index contributed by atoms with van der Waals surface area (Å²) in [5, 5.41) is 7.12. The number of amides is 1. The molecule has 3 aromatic rings. The summed E-state index contributed by atoms with van der Waals surface area (Å²) >= 11 is 1.07. The van der Waals surface area contributed by atoms with E-state index in [2.05, 4.69) is 4.98 Å².